The molecule has 0 amide bonds. The molecular formula is C105H90N6O12. The van der Waals surface area contributed by atoms with Crippen molar-refractivity contribution in [3.8, 4) is 86.2 Å². The maximum Gasteiger partial charge on any atom is 0.161 e. The number of para-hydroxylation sites is 3. The number of rotatable bonds is 18. The molecule has 0 bridgehead atoms. The predicted molar refractivity (Wildman–Crippen MR) is 480 cm³/mol. The standard InChI is InChI=1S/C42H36N2O5.C35H30N2O4.C28H24N2O3/c45-37-11-1-29(2-12-37)21-31-5-19-41-33(23-31)25-43(27-47-41)35-7-15-39(16-8-35)49-40-17-9-36(10-18-40)44-26-34-24-32(6-20-42(34)48-28-44)22-30-3-13-38(46)14-4-30;38-31-12-5-25(6-13-31)19-26-7-18-35-28(20-26)22-37(24-40-35)30-10-16-33(17-11-30)41-32-14-8-29(9-15-32)36-21-27-3-1-2-4-34(27)39-23-36;1-3-7-27-21(5-1)17-29(19-31-27)23-9-13-25(14-10-23)33-26-15-11-24(12-16-26)30-18-22-6-2-4-8-28(22)32-20-30/h1-20,23-24,45-46H,21-22,25-28H2;1-18,20,38H,19,21-24H2;1-16H,17-20H2. The molecule has 0 aromatic heterocycles. The Morgan fingerprint density at radius 2 is 0.382 bits per heavy atom. The molecule has 15 aromatic rings. The van der Waals surface area contributed by atoms with Crippen LogP contribution in [-0.4, -0.2) is 55.7 Å². The van der Waals surface area contributed by atoms with Gasteiger partial charge in [0.25, 0.3) is 0 Å². The smallest absolute Gasteiger partial charge is 0.161 e. The van der Waals surface area contributed by atoms with Gasteiger partial charge in [0, 0.05) is 107 Å². The lowest BCUT2D eigenvalue weighted by atomic mass is 10.0. The van der Waals surface area contributed by atoms with E-state index >= 15 is 0 Å². The van der Waals surface area contributed by atoms with E-state index in [1.807, 2.05) is 164 Å². The summed E-state index contributed by atoms with van der Waals surface area (Å²) < 4.78 is 54.3. The summed E-state index contributed by atoms with van der Waals surface area (Å²) in [6, 6.07) is 115. The van der Waals surface area contributed by atoms with Crippen molar-refractivity contribution in [2.45, 2.75) is 58.5 Å². The van der Waals surface area contributed by atoms with E-state index in [1.54, 1.807) is 36.4 Å². The summed E-state index contributed by atoms with van der Waals surface area (Å²) in [6.45, 7) is 7.85. The lowest BCUT2D eigenvalue weighted by Crippen LogP contribution is -2.31. The molecule has 0 saturated carbocycles. The summed E-state index contributed by atoms with van der Waals surface area (Å²) in [6.07, 6.45) is 2.40. The van der Waals surface area contributed by atoms with Crippen LogP contribution in [0.3, 0.4) is 0 Å². The highest BCUT2D eigenvalue weighted by Gasteiger charge is 2.26. The third-order valence-corrected chi connectivity index (χ3v) is 22.7. The van der Waals surface area contributed by atoms with Gasteiger partial charge < -0.3 is 87.4 Å². The number of aromatic hydroxyl groups is 3. The van der Waals surface area contributed by atoms with Gasteiger partial charge in [-0.3, -0.25) is 0 Å². The van der Waals surface area contributed by atoms with Crippen molar-refractivity contribution in [2.24, 2.45) is 0 Å². The number of ether oxygens (including phenoxy) is 9. The minimum Gasteiger partial charge on any atom is -0.508 e. The fraction of sp³-hybridized carbons (Fsp3) is 0.143. The average Bonchev–Trinajstić information content (AvgIpc) is 0.814. The Hall–Kier alpha value is -15.3. The van der Waals surface area contributed by atoms with Crippen molar-refractivity contribution in [1.29, 1.82) is 0 Å². The van der Waals surface area contributed by atoms with Crippen molar-refractivity contribution in [3.63, 3.8) is 0 Å². The Morgan fingerprint density at radius 1 is 0.195 bits per heavy atom. The number of phenols is 3. The number of hydrogen-bond donors (Lipinski definition) is 3. The van der Waals surface area contributed by atoms with Gasteiger partial charge >= 0.3 is 0 Å². The Kier molecular flexibility index (Phi) is 22.5. The molecule has 3 N–H and O–H groups in total. The highest BCUT2D eigenvalue weighted by atomic mass is 16.5. The lowest BCUT2D eigenvalue weighted by molar-refractivity contribution is 0.289. The topological polar surface area (TPSA) is 163 Å². The number of phenolic OH excluding ortho intramolecular Hbond substituents is 3. The first kappa shape index (κ1) is 77.6. The van der Waals surface area contributed by atoms with Crippen molar-refractivity contribution >= 4 is 34.1 Å². The van der Waals surface area contributed by atoms with Gasteiger partial charge in [0.15, 0.2) is 40.4 Å². The third-order valence-electron chi connectivity index (χ3n) is 22.7. The fourth-order valence-corrected chi connectivity index (χ4v) is 16.0. The van der Waals surface area contributed by atoms with Crippen LogP contribution in [0.1, 0.15) is 66.8 Å². The van der Waals surface area contributed by atoms with E-state index in [1.165, 1.54) is 33.4 Å². The second-order valence-electron chi connectivity index (χ2n) is 31.3. The molecule has 0 saturated heterocycles. The van der Waals surface area contributed by atoms with Crippen LogP contribution in [-0.2, 0) is 58.5 Å². The summed E-state index contributed by atoms with van der Waals surface area (Å²) in [5.74, 6) is 11.2. The third kappa shape index (κ3) is 18.9. The molecule has 612 valence electrons. The van der Waals surface area contributed by atoms with Crippen molar-refractivity contribution < 1.29 is 58.0 Å². The second-order valence-corrected chi connectivity index (χ2v) is 31.3. The van der Waals surface area contributed by atoms with Crippen LogP contribution < -0.4 is 72.0 Å². The Balaban J connectivity index is 0.000000124. The highest BCUT2D eigenvalue weighted by molar-refractivity contribution is 5.61. The minimum absolute atomic E-state index is 0.279. The Bertz CT molecular complexity index is 5900. The van der Waals surface area contributed by atoms with E-state index in [-0.39, 0.29) is 17.2 Å². The van der Waals surface area contributed by atoms with Gasteiger partial charge in [-0.2, -0.15) is 0 Å². The Labute approximate surface area is 715 Å². The van der Waals surface area contributed by atoms with Crippen LogP contribution in [0.5, 0.6) is 86.2 Å². The first-order chi connectivity index (χ1) is 60.5. The van der Waals surface area contributed by atoms with Gasteiger partial charge in [0.2, 0.25) is 0 Å². The molecule has 6 aliphatic heterocycles. The monoisotopic (exact) mass is 1630 g/mol. The molecular weight excluding hydrogens is 1540 g/mol. The van der Waals surface area contributed by atoms with Gasteiger partial charge in [-0.1, -0.05) is 109 Å². The number of hydrogen-bond acceptors (Lipinski definition) is 18. The molecule has 0 aliphatic carbocycles. The van der Waals surface area contributed by atoms with Crippen molar-refractivity contribution in [1.82, 2.24) is 0 Å². The first-order valence-electron chi connectivity index (χ1n) is 41.3. The van der Waals surface area contributed by atoms with Crippen LogP contribution >= 0.6 is 0 Å². The summed E-state index contributed by atoms with van der Waals surface area (Å²) >= 11 is 0. The van der Waals surface area contributed by atoms with Gasteiger partial charge in [0.05, 0.1) is 0 Å². The van der Waals surface area contributed by atoms with Crippen LogP contribution in [0.15, 0.2) is 346 Å². The summed E-state index contributed by atoms with van der Waals surface area (Å²) in [5.41, 5.74) is 20.7. The average molecular weight is 1630 g/mol. The zero-order valence-electron chi connectivity index (χ0n) is 67.7. The second kappa shape index (κ2) is 35.7. The van der Waals surface area contributed by atoms with E-state index in [9.17, 15) is 15.3 Å². The molecule has 0 spiro atoms. The van der Waals surface area contributed by atoms with Gasteiger partial charge in [-0.05, 0) is 289 Å². The van der Waals surface area contributed by atoms with Crippen molar-refractivity contribution in [3.05, 3.63) is 413 Å². The number of benzene rings is 15. The molecule has 0 atom stereocenters. The molecule has 123 heavy (non-hydrogen) atoms. The molecule has 15 aromatic carbocycles. The molecule has 6 heterocycles. The summed E-state index contributed by atoms with van der Waals surface area (Å²) in [7, 11) is 0. The van der Waals surface area contributed by atoms with Crippen LogP contribution in [0.4, 0.5) is 34.1 Å². The van der Waals surface area contributed by atoms with E-state index in [0.29, 0.717) is 40.4 Å². The first-order valence-corrected chi connectivity index (χ1v) is 41.3. The van der Waals surface area contributed by atoms with Gasteiger partial charge in [0.1, 0.15) is 86.2 Å². The Morgan fingerprint density at radius 3 is 0.602 bits per heavy atom. The maximum absolute atomic E-state index is 9.59. The molecule has 18 heteroatoms. The fourth-order valence-electron chi connectivity index (χ4n) is 16.0. The quantitative estimate of drug-likeness (QED) is 0.0743. The summed E-state index contributed by atoms with van der Waals surface area (Å²) in [5, 5.41) is 28.7. The molecule has 0 fully saturated rings. The summed E-state index contributed by atoms with van der Waals surface area (Å²) in [4.78, 5) is 13.3. The normalized spacial score (nSPS) is 14.0. The molecule has 0 unspecified atom stereocenters. The number of nitrogens with zero attached hydrogens (tertiary/aromatic N) is 6. The van der Waals surface area contributed by atoms with E-state index in [4.69, 9.17) is 42.6 Å². The number of anilines is 6. The minimum atomic E-state index is 0.279. The van der Waals surface area contributed by atoms with Crippen molar-refractivity contribution in [2.75, 3.05) is 69.8 Å². The lowest BCUT2D eigenvalue weighted by Gasteiger charge is -2.31. The maximum atomic E-state index is 9.59. The molecule has 6 aliphatic rings. The zero-order valence-corrected chi connectivity index (χ0v) is 67.7. The van der Waals surface area contributed by atoms with E-state index in [0.717, 1.165) is 195 Å². The van der Waals surface area contributed by atoms with Crippen LogP contribution in [0.2, 0.25) is 0 Å². The largest absolute Gasteiger partial charge is 0.508 e. The predicted octanol–water partition coefficient (Wildman–Crippen LogP) is 22.5. The van der Waals surface area contributed by atoms with E-state index < -0.39 is 0 Å². The van der Waals surface area contributed by atoms with Gasteiger partial charge in [-0.25, -0.2) is 0 Å². The van der Waals surface area contributed by atoms with Crippen LogP contribution in [0.25, 0.3) is 0 Å². The molecule has 21 rings (SSSR count). The van der Waals surface area contributed by atoms with E-state index in [2.05, 4.69) is 175 Å². The molecule has 18 nitrogen and oxygen atoms in total. The van der Waals surface area contributed by atoms with Gasteiger partial charge in [-0.15, -0.1) is 0 Å². The number of fused-ring (bicyclic) bond motifs is 6. The molecule has 0 radical (unpaired) electrons. The SMILES string of the molecule is Oc1ccc(Cc2ccc3c(c2)CN(c2ccc(Oc4ccc(N5COc6ccc(Cc7ccc(O)cc7)cc6C5)cc4)cc2)CO3)cc1.Oc1ccc(Cc2ccc3c(c2)CN(c2ccc(Oc4ccc(N5COc6ccccc6C5)cc4)cc2)CO3)cc1.c1ccc2c(c1)CN(c1ccc(Oc3ccc(N4COc5ccccc5C4)cc3)cc1)CO2. The van der Waals surface area contributed by atoms with Crippen LogP contribution in [0, 0.1) is 0 Å². The zero-order chi connectivity index (χ0) is 82.8. The highest BCUT2D eigenvalue weighted by Crippen LogP contribution is 2.40.